The number of hydrogen-bond acceptors (Lipinski definition) is 5. The molecule has 0 saturated carbocycles. The molecule has 3 heterocycles. The maximum atomic E-state index is 14.4. The van der Waals surface area contributed by atoms with Crippen molar-refractivity contribution in [3.8, 4) is 17.0 Å². The van der Waals surface area contributed by atoms with Gasteiger partial charge in [0.15, 0.2) is 5.65 Å². The molecule has 4 rings (SSSR count). The number of nitrogens with one attached hydrogen (secondary N) is 1. The van der Waals surface area contributed by atoms with E-state index in [1.54, 1.807) is 6.07 Å². The van der Waals surface area contributed by atoms with Crippen molar-refractivity contribution in [2.75, 3.05) is 13.1 Å². The van der Waals surface area contributed by atoms with Crippen LogP contribution < -0.4 is 5.73 Å². The summed E-state index contributed by atoms with van der Waals surface area (Å²) < 4.78 is 14.4. The summed E-state index contributed by atoms with van der Waals surface area (Å²) in [6, 6.07) is 6.03. The van der Waals surface area contributed by atoms with Crippen LogP contribution in [0.15, 0.2) is 24.3 Å². The molecule has 4 N–H and O–H groups in total. The summed E-state index contributed by atoms with van der Waals surface area (Å²) in [5, 5.41) is 17.7. The molecule has 3 aromatic rings. The standard InChI is InChI=1S/C20H24FN5O/c1-12-18-13(10-26-7-3-6-20(2,22)11-26)8-17(23-19(18)25-24-12)15-5-4-14(27)9-16(15)21/h4-5,8-9,27H,3,6-7,10-11,22H2,1-2H3,(H,23,24,25)/t20-/m1/s1. The lowest BCUT2D eigenvalue weighted by Gasteiger charge is -2.38. The second kappa shape index (κ2) is 6.58. The zero-order valence-electron chi connectivity index (χ0n) is 15.6. The van der Waals surface area contributed by atoms with E-state index in [0.29, 0.717) is 23.4 Å². The monoisotopic (exact) mass is 369 g/mol. The van der Waals surface area contributed by atoms with E-state index in [-0.39, 0.29) is 11.3 Å². The number of pyridine rings is 1. The number of H-pyrrole nitrogens is 1. The van der Waals surface area contributed by atoms with E-state index in [9.17, 15) is 9.50 Å². The van der Waals surface area contributed by atoms with Crippen LogP contribution in [-0.4, -0.2) is 43.8 Å². The summed E-state index contributed by atoms with van der Waals surface area (Å²) in [4.78, 5) is 6.89. The molecular formula is C20H24FN5O. The molecule has 1 fully saturated rings. The summed E-state index contributed by atoms with van der Waals surface area (Å²) in [5.74, 6) is -0.609. The predicted molar refractivity (Wildman–Crippen MR) is 103 cm³/mol. The largest absolute Gasteiger partial charge is 0.508 e. The van der Waals surface area contributed by atoms with Gasteiger partial charge in [-0.05, 0) is 57.0 Å². The van der Waals surface area contributed by atoms with E-state index in [1.807, 2.05) is 13.0 Å². The fourth-order valence-corrected chi connectivity index (χ4v) is 4.00. The van der Waals surface area contributed by atoms with E-state index in [4.69, 9.17) is 5.73 Å². The van der Waals surface area contributed by atoms with Gasteiger partial charge in [0.25, 0.3) is 0 Å². The van der Waals surface area contributed by atoms with Crippen LogP contribution in [0.3, 0.4) is 0 Å². The minimum atomic E-state index is -0.503. The Morgan fingerprint density at radius 2 is 2.19 bits per heavy atom. The van der Waals surface area contributed by atoms with Crippen molar-refractivity contribution in [3.63, 3.8) is 0 Å². The highest BCUT2D eigenvalue weighted by atomic mass is 19.1. The molecule has 1 aliphatic heterocycles. The third-order valence-electron chi connectivity index (χ3n) is 5.22. The number of rotatable bonds is 3. The number of piperidine rings is 1. The molecule has 27 heavy (non-hydrogen) atoms. The smallest absolute Gasteiger partial charge is 0.156 e. The molecular weight excluding hydrogens is 345 g/mol. The molecule has 2 aromatic heterocycles. The van der Waals surface area contributed by atoms with Crippen LogP contribution in [0.25, 0.3) is 22.3 Å². The number of phenolic OH excluding ortho intramolecular Hbond substituents is 1. The Balaban J connectivity index is 1.77. The molecule has 0 amide bonds. The summed E-state index contributed by atoms with van der Waals surface area (Å²) in [5.41, 5.74) is 9.59. The Morgan fingerprint density at radius 3 is 2.93 bits per heavy atom. The van der Waals surface area contributed by atoms with Crippen LogP contribution in [0.5, 0.6) is 5.75 Å². The van der Waals surface area contributed by atoms with Crippen molar-refractivity contribution in [1.82, 2.24) is 20.1 Å². The summed E-state index contributed by atoms with van der Waals surface area (Å²) in [7, 11) is 0. The van der Waals surface area contributed by atoms with Gasteiger partial charge in [0.2, 0.25) is 0 Å². The highest BCUT2D eigenvalue weighted by Gasteiger charge is 2.27. The molecule has 0 bridgehead atoms. The highest BCUT2D eigenvalue weighted by molar-refractivity contribution is 5.84. The lowest BCUT2D eigenvalue weighted by Crippen LogP contribution is -2.51. The van der Waals surface area contributed by atoms with Gasteiger partial charge in [0, 0.05) is 35.6 Å². The van der Waals surface area contributed by atoms with Crippen molar-refractivity contribution in [2.45, 2.75) is 38.8 Å². The molecule has 1 atom stereocenters. The van der Waals surface area contributed by atoms with Crippen molar-refractivity contribution in [3.05, 3.63) is 41.3 Å². The summed E-state index contributed by atoms with van der Waals surface area (Å²) >= 11 is 0. The second-order valence-electron chi connectivity index (χ2n) is 7.83. The zero-order chi connectivity index (χ0) is 19.2. The number of aromatic nitrogens is 3. The van der Waals surface area contributed by atoms with E-state index in [1.165, 1.54) is 6.07 Å². The molecule has 1 saturated heterocycles. The number of nitrogens with two attached hydrogens (primary N) is 1. The van der Waals surface area contributed by atoms with Gasteiger partial charge in [0.05, 0.1) is 11.4 Å². The van der Waals surface area contributed by atoms with Gasteiger partial charge in [-0.15, -0.1) is 0 Å². The maximum Gasteiger partial charge on any atom is 0.156 e. The van der Waals surface area contributed by atoms with Crippen molar-refractivity contribution < 1.29 is 9.50 Å². The first kappa shape index (κ1) is 17.9. The minimum Gasteiger partial charge on any atom is -0.508 e. The predicted octanol–water partition coefficient (Wildman–Crippen LogP) is 3.09. The molecule has 0 radical (unpaired) electrons. The first-order valence-corrected chi connectivity index (χ1v) is 9.17. The fourth-order valence-electron chi connectivity index (χ4n) is 4.00. The Bertz CT molecular complexity index is 997. The van der Waals surface area contributed by atoms with Crippen molar-refractivity contribution >= 4 is 11.0 Å². The number of phenols is 1. The van der Waals surface area contributed by atoms with Gasteiger partial charge >= 0.3 is 0 Å². The minimum absolute atomic E-state index is 0.106. The van der Waals surface area contributed by atoms with Gasteiger partial charge in [-0.1, -0.05) is 0 Å². The van der Waals surface area contributed by atoms with E-state index in [2.05, 4.69) is 27.0 Å². The number of likely N-dealkylation sites (tertiary alicyclic amines) is 1. The van der Waals surface area contributed by atoms with E-state index in [0.717, 1.165) is 48.6 Å². The maximum absolute atomic E-state index is 14.4. The molecule has 0 spiro atoms. The number of fused-ring (bicyclic) bond motifs is 1. The van der Waals surface area contributed by atoms with E-state index >= 15 is 0 Å². The van der Waals surface area contributed by atoms with Crippen LogP contribution in [0.1, 0.15) is 31.0 Å². The number of hydrogen-bond donors (Lipinski definition) is 3. The third kappa shape index (κ3) is 3.52. The van der Waals surface area contributed by atoms with Crippen LogP contribution in [-0.2, 0) is 6.54 Å². The van der Waals surface area contributed by atoms with Gasteiger partial charge in [-0.3, -0.25) is 10.00 Å². The number of benzene rings is 1. The fraction of sp³-hybridized carbons (Fsp3) is 0.400. The number of aromatic amines is 1. The SMILES string of the molecule is Cc1n[nH]c2nc(-c3ccc(O)cc3F)cc(CN3CCC[C@@](C)(N)C3)c12. The molecule has 1 aliphatic rings. The highest BCUT2D eigenvalue weighted by Crippen LogP contribution is 2.30. The molecule has 7 heteroatoms. The second-order valence-corrected chi connectivity index (χ2v) is 7.83. The lowest BCUT2D eigenvalue weighted by atomic mass is 9.92. The van der Waals surface area contributed by atoms with Crippen LogP contribution >= 0.6 is 0 Å². The Labute approximate surface area is 157 Å². The number of halogens is 1. The van der Waals surface area contributed by atoms with Crippen LogP contribution in [0, 0.1) is 12.7 Å². The molecule has 0 aliphatic carbocycles. The van der Waals surface area contributed by atoms with E-state index < -0.39 is 5.82 Å². The normalized spacial score (nSPS) is 21.0. The first-order valence-electron chi connectivity index (χ1n) is 9.17. The summed E-state index contributed by atoms with van der Waals surface area (Å²) in [6.45, 7) is 6.53. The lowest BCUT2D eigenvalue weighted by molar-refractivity contribution is 0.154. The van der Waals surface area contributed by atoms with Crippen LogP contribution in [0.2, 0.25) is 0 Å². The van der Waals surface area contributed by atoms with Gasteiger partial charge in [-0.2, -0.15) is 5.10 Å². The topological polar surface area (TPSA) is 91.1 Å². The third-order valence-corrected chi connectivity index (χ3v) is 5.22. The van der Waals surface area contributed by atoms with Crippen LogP contribution in [0.4, 0.5) is 4.39 Å². The average molecular weight is 369 g/mol. The number of nitrogens with zero attached hydrogens (tertiary/aromatic N) is 3. The van der Waals surface area contributed by atoms with Gasteiger partial charge in [0.1, 0.15) is 11.6 Å². The summed E-state index contributed by atoms with van der Waals surface area (Å²) in [6.07, 6.45) is 2.08. The zero-order valence-corrected chi connectivity index (χ0v) is 15.6. The quantitative estimate of drug-likeness (QED) is 0.660. The molecule has 1 aromatic carbocycles. The van der Waals surface area contributed by atoms with Crippen molar-refractivity contribution in [1.29, 1.82) is 0 Å². The number of aromatic hydroxyl groups is 1. The number of aryl methyl sites for hydroxylation is 1. The van der Waals surface area contributed by atoms with Gasteiger partial charge in [-0.25, -0.2) is 9.37 Å². The van der Waals surface area contributed by atoms with Crippen molar-refractivity contribution in [2.24, 2.45) is 5.73 Å². The first-order chi connectivity index (χ1) is 12.8. The Hall–Kier alpha value is -2.51. The molecule has 142 valence electrons. The Kier molecular flexibility index (Phi) is 4.36. The average Bonchev–Trinajstić information content (AvgIpc) is 2.95. The van der Waals surface area contributed by atoms with Gasteiger partial charge < -0.3 is 10.8 Å². The molecule has 0 unspecified atom stereocenters. The molecule has 6 nitrogen and oxygen atoms in total. The Morgan fingerprint density at radius 1 is 1.37 bits per heavy atom.